The molecule has 6 heteroatoms. The van der Waals surface area contributed by atoms with Gasteiger partial charge >= 0.3 is 5.97 Å². The average Bonchev–Trinajstić information content (AvgIpc) is 2.77. The molecule has 0 bridgehead atoms. The molecule has 0 fully saturated rings. The van der Waals surface area contributed by atoms with Crippen molar-refractivity contribution in [3.8, 4) is 5.69 Å². The predicted molar refractivity (Wildman–Crippen MR) is 73.6 cm³/mol. The first-order valence-electron chi connectivity index (χ1n) is 6.18. The molecule has 0 amide bonds. The fourth-order valence-electron chi connectivity index (χ4n) is 1.94. The zero-order valence-corrected chi connectivity index (χ0v) is 11.3. The first-order chi connectivity index (χ1) is 9.69. The Balaban J connectivity index is 2.60. The molecule has 0 unspecified atom stereocenters. The van der Waals surface area contributed by atoms with Gasteiger partial charge in [0, 0.05) is 0 Å². The SMILES string of the molecule is CCOC(=O)c1c(C)nn(-c2ccccc2)c1/C=N/O. The van der Waals surface area contributed by atoms with Crippen molar-refractivity contribution in [2.45, 2.75) is 13.8 Å². The Bertz CT molecular complexity index is 633. The summed E-state index contributed by atoms with van der Waals surface area (Å²) < 4.78 is 6.55. The molecule has 2 aromatic rings. The highest BCUT2D eigenvalue weighted by Gasteiger charge is 2.22. The molecule has 2 rings (SSSR count). The highest BCUT2D eigenvalue weighted by molar-refractivity contribution is 5.99. The molecule has 1 heterocycles. The Hall–Kier alpha value is -2.63. The summed E-state index contributed by atoms with van der Waals surface area (Å²) in [5.41, 5.74) is 1.96. The second-order valence-corrected chi connectivity index (χ2v) is 4.06. The highest BCUT2D eigenvalue weighted by atomic mass is 16.5. The molecule has 0 saturated heterocycles. The number of carbonyl (C=O) groups excluding carboxylic acids is 1. The molecule has 20 heavy (non-hydrogen) atoms. The average molecular weight is 273 g/mol. The molecule has 0 saturated carbocycles. The maximum Gasteiger partial charge on any atom is 0.342 e. The van der Waals surface area contributed by atoms with Gasteiger partial charge in [-0.3, -0.25) is 0 Å². The number of rotatable bonds is 4. The second kappa shape index (κ2) is 6.01. The van der Waals surface area contributed by atoms with Crippen LogP contribution >= 0.6 is 0 Å². The molecule has 1 N–H and O–H groups in total. The number of hydrogen-bond acceptors (Lipinski definition) is 5. The Labute approximate surface area is 116 Å². The lowest BCUT2D eigenvalue weighted by Crippen LogP contribution is -2.10. The van der Waals surface area contributed by atoms with E-state index in [2.05, 4.69) is 10.3 Å². The molecule has 1 aromatic carbocycles. The van der Waals surface area contributed by atoms with Gasteiger partial charge in [-0.05, 0) is 26.0 Å². The van der Waals surface area contributed by atoms with Crippen LogP contribution in [0.2, 0.25) is 0 Å². The summed E-state index contributed by atoms with van der Waals surface area (Å²) >= 11 is 0. The number of carbonyl (C=O) groups is 1. The smallest absolute Gasteiger partial charge is 0.342 e. The molecular weight excluding hydrogens is 258 g/mol. The third-order valence-corrected chi connectivity index (χ3v) is 2.76. The third-order valence-electron chi connectivity index (χ3n) is 2.76. The van der Waals surface area contributed by atoms with E-state index in [-0.39, 0.29) is 6.61 Å². The lowest BCUT2D eigenvalue weighted by atomic mass is 10.2. The van der Waals surface area contributed by atoms with Crippen molar-refractivity contribution in [3.05, 3.63) is 47.3 Å². The molecule has 0 aliphatic heterocycles. The minimum atomic E-state index is -0.484. The van der Waals surface area contributed by atoms with Gasteiger partial charge in [0.25, 0.3) is 0 Å². The van der Waals surface area contributed by atoms with Gasteiger partial charge in [0.2, 0.25) is 0 Å². The maximum absolute atomic E-state index is 12.0. The number of nitrogens with zero attached hydrogens (tertiary/aromatic N) is 3. The van der Waals surface area contributed by atoms with E-state index in [0.717, 1.165) is 5.69 Å². The summed E-state index contributed by atoms with van der Waals surface area (Å²) in [6, 6.07) is 9.28. The molecule has 0 aliphatic carbocycles. The quantitative estimate of drug-likeness (QED) is 0.401. The normalized spacial score (nSPS) is 10.9. The predicted octanol–water partition coefficient (Wildman–Crippen LogP) is 2.17. The van der Waals surface area contributed by atoms with Crippen LogP contribution in [0.3, 0.4) is 0 Å². The van der Waals surface area contributed by atoms with E-state index in [1.165, 1.54) is 6.21 Å². The first-order valence-corrected chi connectivity index (χ1v) is 6.18. The van der Waals surface area contributed by atoms with E-state index in [1.54, 1.807) is 18.5 Å². The fourth-order valence-corrected chi connectivity index (χ4v) is 1.94. The van der Waals surface area contributed by atoms with Crippen molar-refractivity contribution in [1.82, 2.24) is 9.78 Å². The summed E-state index contributed by atoms with van der Waals surface area (Å²) in [5.74, 6) is -0.484. The van der Waals surface area contributed by atoms with Crippen molar-refractivity contribution >= 4 is 12.2 Å². The van der Waals surface area contributed by atoms with Gasteiger partial charge < -0.3 is 9.94 Å². The zero-order chi connectivity index (χ0) is 14.5. The highest BCUT2D eigenvalue weighted by Crippen LogP contribution is 2.18. The van der Waals surface area contributed by atoms with Gasteiger partial charge in [-0.25, -0.2) is 9.48 Å². The van der Waals surface area contributed by atoms with Crippen molar-refractivity contribution in [3.63, 3.8) is 0 Å². The molecule has 6 nitrogen and oxygen atoms in total. The second-order valence-electron chi connectivity index (χ2n) is 4.06. The number of oxime groups is 1. The summed E-state index contributed by atoms with van der Waals surface area (Å²) in [6.07, 6.45) is 1.18. The van der Waals surface area contributed by atoms with Crippen molar-refractivity contribution < 1.29 is 14.7 Å². The standard InChI is InChI=1S/C14H15N3O3/c1-3-20-14(18)13-10(2)16-17(12(13)9-15-19)11-7-5-4-6-8-11/h4-9,19H,3H2,1-2H3/b15-9+. The van der Waals surface area contributed by atoms with Crippen LogP contribution in [0.5, 0.6) is 0 Å². The van der Waals surface area contributed by atoms with Crippen LogP contribution in [0.4, 0.5) is 0 Å². The molecule has 0 aliphatic rings. The number of ether oxygens (including phenoxy) is 1. The summed E-state index contributed by atoms with van der Waals surface area (Å²) in [4.78, 5) is 12.0. The van der Waals surface area contributed by atoms with E-state index >= 15 is 0 Å². The van der Waals surface area contributed by atoms with E-state index in [4.69, 9.17) is 9.94 Å². The number of aryl methyl sites for hydroxylation is 1. The van der Waals surface area contributed by atoms with E-state index in [9.17, 15) is 4.79 Å². The number of hydrogen-bond donors (Lipinski definition) is 1. The van der Waals surface area contributed by atoms with Crippen molar-refractivity contribution in [1.29, 1.82) is 0 Å². The van der Waals surface area contributed by atoms with Crippen LogP contribution in [-0.2, 0) is 4.74 Å². The lowest BCUT2D eigenvalue weighted by molar-refractivity contribution is 0.0525. The van der Waals surface area contributed by atoms with Crippen LogP contribution in [0.25, 0.3) is 5.69 Å². The Morgan fingerprint density at radius 1 is 1.45 bits per heavy atom. The van der Waals surface area contributed by atoms with E-state index < -0.39 is 5.97 Å². The van der Waals surface area contributed by atoms with Crippen LogP contribution in [0, 0.1) is 6.92 Å². The molecular formula is C14H15N3O3. The number of para-hydroxylation sites is 1. The molecule has 0 radical (unpaired) electrons. The lowest BCUT2D eigenvalue weighted by Gasteiger charge is -2.05. The molecule has 1 aromatic heterocycles. The first kappa shape index (κ1) is 13.8. The number of esters is 1. The van der Waals surface area contributed by atoms with Crippen LogP contribution < -0.4 is 0 Å². The largest absolute Gasteiger partial charge is 0.462 e. The maximum atomic E-state index is 12.0. The van der Waals surface area contributed by atoms with E-state index in [0.29, 0.717) is 17.0 Å². The van der Waals surface area contributed by atoms with E-state index in [1.807, 2.05) is 30.3 Å². The number of aromatic nitrogens is 2. The van der Waals surface area contributed by atoms with Gasteiger partial charge in [-0.1, -0.05) is 23.4 Å². The minimum absolute atomic E-state index is 0.268. The zero-order valence-electron chi connectivity index (χ0n) is 11.3. The summed E-state index contributed by atoms with van der Waals surface area (Å²) in [6.45, 7) is 3.71. The van der Waals surface area contributed by atoms with Gasteiger partial charge in [0.1, 0.15) is 11.3 Å². The monoisotopic (exact) mass is 273 g/mol. The topological polar surface area (TPSA) is 76.7 Å². The van der Waals surface area contributed by atoms with Gasteiger partial charge in [0.15, 0.2) is 0 Å². The number of benzene rings is 1. The van der Waals surface area contributed by atoms with Crippen LogP contribution in [-0.4, -0.2) is 33.8 Å². The van der Waals surface area contributed by atoms with Gasteiger partial charge in [-0.2, -0.15) is 5.10 Å². The van der Waals surface area contributed by atoms with Crippen molar-refractivity contribution in [2.24, 2.45) is 5.16 Å². The Kier molecular flexibility index (Phi) is 4.14. The summed E-state index contributed by atoms with van der Waals surface area (Å²) in [7, 11) is 0. The van der Waals surface area contributed by atoms with Crippen molar-refractivity contribution in [2.75, 3.05) is 6.61 Å². The molecule has 0 atom stereocenters. The van der Waals surface area contributed by atoms with Crippen LogP contribution in [0.1, 0.15) is 28.7 Å². The summed E-state index contributed by atoms with van der Waals surface area (Å²) in [5, 5.41) is 16.1. The molecule has 0 spiro atoms. The third kappa shape index (κ3) is 2.54. The fraction of sp³-hybridized carbons (Fsp3) is 0.214. The minimum Gasteiger partial charge on any atom is -0.462 e. The Morgan fingerprint density at radius 3 is 2.75 bits per heavy atom. The van der Waals surface area contributed by atoms with Gasteiger partial charge in [-0.15, -0.1) is 0 Å². The molecule has 104 valence electrons. The Morgan fingerprint density at radius 2 is 2.15 bits per heavy atom. The van der Waals surface area contributed by atoms with Gasteiger partial charge in [0.05, 0.1) is 24.2 Å². The van der Waals surface area contributed by atoms with Crippen LogP contribution in [0.15, 0.2) is 35.5 Å².